The van der Waals surface area contributed by atoms with Gasteiger partial charge in [-0.15, -0.1) is 0 Å². The largest absolute Gasteiger partial charge is 0.495 e. The van der Waals surface area contributed by atoms with E-state index in [4.69, 9.17) is 4.74 Å². The van der Waals surface area contributed by atoms with E-state index in [0.29, 0.717) is 17.1 Å². The molecule has 0 aliphatic heterocycles. The Kier molecular flexibility index (Phi) is 4.93. The molecule has 0 atom stereocenters. The number of nitrogens with one attached hydrogen (secondary N) is 2. The lowest BCUT2D eigenvalue weighted by Crippen LogP contribution is -2.39. The molecule has 9 nitrogen and oxygen atoms in total. The van der Waals surface area contributed by atoms with Crippen LogP contribution in [0.1, 0.15) is 12.5 Å². The minimum atomic E-state index is -0.704. The number of carbonyl (C=O) groups is 1. The zero-order valence-electron chi connectivity index (χ0n) is 14.2. The Labute approximate surface area is 143 Å². The Morgan fingerprint density at radius 3 is 2.48 bits per heavy atom. The molecule has 0 aliphatic rings. The summed E-state index contributed by atoms with van der Waals surface area (Å²) in [5.41, 5.74) is -0.623. The molecule has 0 unspecified atom stereocenters. The monoisotopic (exact) mass is 343 g/mol. The summed E-state index contributed by atoms with van der Waals surface area (Å²) in [6, 6.07) is 6.63. The molecule has 2 rings (SSSR count). The SMILES string of the molecule is COc1ccc(NC(C)=O)cc1Nc1c(C#N)c(=O)n(C)c(=O)n1C. The van der Waals surface area contributed by atoms with Crippen LogP contribution in [0.4, 0.5) is 17.2 Å². The summed E-state index contributed by atoms with van der Waals surface area (Å²) in [4.78, 5) is 35.5. The van der Waals surface area contributed by atoms with Gasteiger partial charge in [-0.25, -0.2) is 4.79 Å². The highest BCUT2D eigenvalue weighted by atomic mass is 16.5. The molecule has 2 aromatic rings. The van der Waals surface area contributed by atoms with Gasteiger partial charge in [-0.05, 0) is 18.2 Å². The van der Waals surface area contributed by atoms with Crippen molar-refractivity contribution in [3.8, 4) is 11.8 Å². The van der Waals surface area contributed by atoms with Crippen LogP contribution in [0.3, 0.4) is 0 Å². The molecule has 1 aromatic heterocycles. The number of nitrogens with zero attached hydrogens (tertiary/aromatic N) is 3. The van der Waals surface area contributed by atoms with Gasteiger partial charge in [-0.1, -0.05) is 0 Å². The van der Waals surface area contributed by atoms with E-state index in [9.17, 15) is 19.6 Å². The number of hydrogen-bond donors (Lipinski definition) is 2. The van der Waals surface area contributed by atoms with Crippen molar-refractivity contribution in [2.45, 2.75) is 6.92 Å². The second-order valence-corrected chi connectivity index (χ2v) is 5.26. The quantitative estimate of drug-likeness (QED) is 0.842. The van der Waals surface area contributed by atoms with Crippen LogP contribution in [0, 0.1) is 11.3 Å². The van der Waals surface area contributed by atoms with Crippen LogP contribution >= 0.6 is 0 Å². The topological polar surface area (TPSA) is 118 Å². The molecular weight excluding hydrogens is 326 g/mol. The summed E-state index contributed by atoms with van der Waals surface area (Å²) in [7, 11) is 4.19. The summed E-state index contributed by atoms with van der Waals surface area (Å²) < 4.78 is 7.26. The molecule has 1 aromatic carbocycles. The number of hydrogen-bond acceptors (Lipinski definition) is 6. The molecule has 0 saturated carbocycles. The fourth-order valence-electron chi connectivity index (χ4n) is 2.31. The number of aromatic nitrogens is 2. The summed E-state index contributed by atoms with van der Waals surface area (Å²) in [5.74, 6) is 0.190. The number of amides is 1. The first kappa shape index (κ1) is 17.8. The van der Waals surface area contributed by atoms with Gasteiger partial charge < -0.3 is 15.4 Å². The number of ether oxygens (including phenoxy) is 1. The first-order chi connectivity index (χ1) is 11.8. The third kappa shape index (κ3) is 3.37. The second kappa shape index (κ2) is 6.92. The van der Waals surface area contributed by atoms with E-state index < -0.39 is 11.2 Å². The predicted octanol–water partition coefficient (Wildman–Crippen LogP) is 0.666. The molecule has 25 heavy (non-hydrogen) atoms. The number of anilines is 3. The molecule has 1 heterocycles. The highest BCUT2D eigenvalue weighted by molar-refractivity contribution is 5.90. The van der Waals surface area contributed by atoms with Crippen LogP contribution in [0.25, 0.3) is 0 Å². The van der Waals surface area contributed by atoms with E-state index in [1.54, 1.807) is 18.2 Å². The summed E-state index contributed by atoms with van der Waals surface area (Å²) in [6.45, 7) is 1.37. The molecule has 0 radical (unpaired) electrons. The van der Waals surface area contributed by atoms with Crippen LogP contribution < -0.4 is 26.6 Å². The molecule has 0 aliphatic carbocycles. The predicted molar refractivity (Wildman–Crippen MR) is 92.2 cm³/mol. The van der Waals surface area contributed by atoms with Crippen molar-refractivity contribution in [1.82, 2.24) is 9.13 Å². The molecule has 0 bridgehead atoms. The Morgan fingerprint density at radius 2 is 1.92 bits per heavy atom. The van der Waals surface area contributed by atoms with Gasteiger partial charge in [0.05, 0.1) is 12.8 Å². The first-order valence-electron chi connectivity index (χ1n) is 7.23. The van der Waals surface area contributed by atoms with E-state index in [0.717, 1.165) is 9.13 Å². The van der Waals surface area contributed by atoms with Crippen molar-refractivity contribution in [2.75, 3.05) is 17.7 Å². The number of carbonyl (C=O) groups excluding carboxylic acids is 1. The fraction of sp³-hybridized carbons (Fsp3) is 0.250. The summed E-state index contributed by atoms with van der Waals surface area (Å²) in [6.07, 6.45) is 0. The molecule has 1 amide bonds. The van der Waals surface area contributed by atoms with Gasteiger partial charge in [0.2, 0.25) is 5.91 Å². The van der Waals surface area contributed by atoms with Gasteiger partial charge in [0, 0.05) is 26.7 Å². The van der Waals surface area contributed by atoms with Crippen molar-refractivity contribution in [2.24, 2.45) is 14.1 Å². The molecule has 9 heteroatoms. The van der Waals surface area contributed by atoms with E-state index in [2.05, 4.69) is 10.6 Å². The third-order valence-corrected chi connectivity index (χ3v) is 3.55. The van der Waals surface area contributed by atoms with E-state index in [-0.39, 0.29) is 17.3 Å². The van der Waals surface area contributed by atoms with Crippen molar-refractivity contribution < 1.29 is 9.53 Å². The van der Waals surface area contributed by atoms with Gasteiger partial charge in [-0.3, -0.25) is 18.7 Å². The van der Waals surface area contributed by atoms with Crippen molar-refractivity contribution in [1.29, 1.82) is 5.26 Å². The third-order valence-electron chi connectivity index (χ3n) is 3.55. The zero-order valence-corrected chi connectivity index (χ0v) is 14.2. The lowest BCUT2D eigenvalue weighted by molar-refractivity contribution is -0.114. The minimum Gasteiger partial charge on any atom is -0.495 e. The van der Waals surface area contributed by atoms with Crippen molar-refractivity contribution in [3.05, 3.63) is 44.6 Å². The minimum absolute atomic E-state index is 0.0360. The number of methoxy groups -OCH3 is 1. The van der Waals surface area contributed by atoms with E-state index in [1.165, 1.54) is 28.1 Å². The average molecular weight is 343 g/mol. The average Bonchev–Trinajstić information content (AvgIpc) is 2.58. The van der Waals surface area contributed by atoms with Gasteiger partial charge >= 0.3 is 5.69 Å². The number of nitriles is 1. The Bertz CT molecular complexity index is 997. The molecule has 0 saturated heterocycles. The smallest absolute Gasteiger partial charge is 0.332 e. The molecule has 0 spiro atoms. The van der Waals surface area contributed by atoms with Gasteiger partial charge in [-0.2, -0.15) is 5.26 Å². The van der Waals surface area contributed by atoms with Crippen LogP contribution in [0.5, 0.6) is 5.75 Å². The molecule has 0 fully saturated rings. The summed E-state index contributed by atoms with van der Waals surface area (Å²) in [5, 5.41) is 14.8. The maximum atomic E-state index is 12.1. The lowest BCUT2D eigenvalue weighted by atomic mass is 10.2. The number of benzene rings is 1. The fourth-order valence-corrected chi connectivity index (χ4v) is 2.31. The van der Waals surface area contributed by atoms with Crippen LogP contribution in [-0.2, 0) is 18.9 Å². The second-order valence-electron chi connectivity index (χ2n) is 5.26. The van der Waals surface area contributed by atoms with E-state index >= 15 is 0 Å². The number of rotatable bonds is 4. The molecular formula is C16H17N5O4. The molecule has 130 valence electrons. The molecule has 2 N–H and O–H groups in total. The standard InChI is InChI=1S/C16H17N5O4/c1-9(22)18-10-5-6-13(25-4)12(7-10)19-14-11(8-17)15(23)21(3)16(24)20(14)2/h5-7,19H,1-4H3,(H,18,22). The van der Waals surface area contributed by atoms with Gasteiger partial charge in [0.25, 0.3) is 5.56 Å². The van der Waals surface area contributed by atoms with E-state index in [1.807, 2.05) is 6.07 Å². The normalized spacial score (nSPS) is 10.0. The summed E-state index contributed by atoms with van der Waals surface area (Å²) >= 11 is 0. The highest BCUT2D eigenvalue weighted by Crippen LogP contribution is 2.30. The lowest BCUT2D eigenvalue weighted by Gasteiger charge is -2.16. The van der Waals surface area contributed by atoms with Crippen LogP contribution in [-0.4, -0.2) is 22.2 Å². The van der Waals surface area contributed by atoms with Crippen LogP contribution in [0.2, 0.25) is 0 Å². The Balaban J connectivity index is 2.64. The van der Waals surface area contributed by atoms with Crippen molar-refractivity contribution >= 4 is 23.1 Å². The maximum absolute atomic E-state index is 12.1. The Hall–Kier alpha value is -3.54. The van der Waals surface area contributed by atoms with Gasteiger partial charge in [0.1, 0.15) is 17.6 Å². The van der Waals surface area contributed by atoms with Gasteiger partial charge in [0.15, 0.2) is 5.56 Å². The van der Waals surface area contributed by atoms with Crippen LogP contribution in [0.15, 0.2) is 27.8 Å². The Morgan fingerprint density at radius 1 is 1.24 bits per heavy atom. The zero-order chi connectivity index (χ0) is 18.7. The highest BCUT2D eigenvalue weighted by Gasteiger charge is 2.17. The maximum Gasteiger partial charge on any atom is 0.332 e. The first-order valence-corrected chi connectivity index (χ1v) is 7.23. The van der Waals surface area contributed by atoms with Crippen molar-refractivity contribution in [3.63, 3.8) is 0 Å².